The zero-order chi connectivity index (χ0) is 10.3. The van der Waals surface area contributed by atoms with Gasteiger partial charge in [-0.3, -0.25) is 0 Å². The monoisotopic (exact) mass is 223 g/mol. The maximum atomic E-state index is 6.39. The molecule has 1 saturated carbocycles. The van der Waals surface area contributed by atoms with Crippen LogP contribution in [0.1, 0.15) is 37.1 Å². The minimum Gasteiger partial charge on any atom is -0.319 e. The molecule has 0 spiro atoms. The molecule has 0 amide bonds. The van der Waals surface area contributed by atoms with E-state index in [1.165, 1.54) is 19.3 Å². The largest absolute Gasteiger partial charge is 0.319 e. The summed E-state index contributed by atoms with van der Waals surface area (Å²) in [6.45, 7) is 0. The van der Waals surface area contributed by atoms with Crippen molar-refractivity contribution >= 4 is 16.3 Å². The molecule has 0 atom stereocenters. The third kappa shape index (κ3) is 1.44. The number of aromatic nitrogens is 4. The van der Waals surface area contributed by atoms with Crippen LogP contribution in [-0.2, 0) is 5.54 Å². The Hall–Kier alpha value is -1.01. The molecular formula is C9H13N5S. The highest BCUT2D eigenvalue weighted by Crippen LogP contribution is 2.36. The summed E-state index contributed by atoms with van der Waals surface area (Å²) < 4.78 is 1.71. The summed E-state index contributed by atoms with van der Waals surface area (Å²) in [5, 5.41) is 13.2. The van der Waals surface area contributed by atoms with Gasteiger partial charge in [-0.1, -0.05) is 30.6 Å². The highest BCUT2D eigenvalue weighted by molar-refractivity contribution is 7.16. The highest BCUT2D eigenvalue weighted by Gasteiger charge is 2.33. The first-order valence-corrected chi connectivity index (χ1v) is 6.06. The SMILES string of the molecule is NC1(c2nn3cnnc3s2)CCCCC1. The van der Waals surface area contributed by atoms with E-state index in [0.29, 0.717) is 0 Å². The van der Waals surface area contributed by atoms with Gasteiger partial charge < -0.3 is 5.73 Å². The van der Waals surface area contributed by atoms with Crippen LogP contribution in [0, 0.1) is 0 Å². The molecule has 80 valence electrons. The number of fused-ring (bicyclic) bond motifs is 1. The molecule has 0 radical (unpaired) electrons. The molecule has 2 aromatic rings. The van der Waals surface area contributed by atoms with Gasteiger partial charge in [-0.25, -0.2) is 0 Å². The lowest BCUT2D eigenvalue weighted by atomic mass is 9.83. The first-order chi connectivity index (χ1) is 7.28. The van der Waals surface area contributed by atoms with Crippen molar-refractivity contribution in [2.75, 3.05) is 0 Å². The van der Waals surface area contributed by atoms with E-state index in [1.807, 2.05) is 0 Å². The molecule has 0 bridgehead atoms. The second-order valence-electron chi connectivity index (χ2n) is 4.18. The summed E-state index contributed by atoms with van der Waals surface area (Å²) in [6.07, 6.45) is 7.41. The number of hydrogen-bond donors (Lipinski definition) is 1. The topological polar surface area (TPSA) is 69.1 Å². The van der Waals surface area contributed by atoms with Crippen molar-refractivity contribution in [3.63, 3.8) is 0 Å². The molecule has 1 aliphatic carbocycles. The summed E-state index contributed by atoms with van der Waals surface area (Å²) in [5.41, 5.74) is 6.17. The molecule has 0 aromatic carbocycles. The van der Waals surface area contributed by atoms with E-state index in [-0.39, 0.29) is 5.54 Å². The van der Waals surface area contributed by atoms with Crippen LogP contribution >= 0.6 is 11.3 Å². The van der Waals surface area contributed by atoms with E-state index in [4.69, 9.17) is 5.73 Å². The fourth-order valence-corrected chi connectivity index (χ4v) is 3.14. The zero-order valence-corrected chi connectivity index (χ0v) is 9.20. The average Bonchev–Trinajstić information content (AvgIpc) is 2.77. The lowest BCUT2D eigenvalue weighted by Crippen LogP contribution is -2.38. The maximum absolute atomic E-state index is 6.39. The minimum absolute atomic E-state index is 0.219. The Balaban J connectivity index is 2.01. The summed E-state index contributed by atoms with van der Waals surface area (Å²) in [4.78, 5) is 0.834. The van der Waals surface area contributed by atoms with Gasteiger partial charge in [-0.15, -0.1) is 10.2 Å². The summed E-state index contributed by atoms with van der Waals surface area (Å²) in [6, 6.07) is 0. The molecule has 5 nitrogen and oxygen atoms in total. The first kappa shape index (κ1) is 9.23. The maximum Gasteiger partial charge on any atom is 0.234 e. The molecule has 15 heavy (non-hydrogen) atoms. The predicted molar refractivity (Wildman–Crippen MR) is 57.6 cm³/mol. The van der Waals surface area contributed by atoms with Gasteiger partial charge in [-0.05, 0) is 12.8 Å². The molecular weight excluding hydrogens is 210 g/mol. The molecule has 0 unspecified atom stereocenters. The van der Waals surface area contributed by atoms with Gasteiger partial charge in [0.15, 0.2) is 0 Å². The van der Waals surface area contributed by atoms with Crippen molar-refractivity contribution in [2.24, 2.45) is 5.73 Å². The van der Waals surface area contributed by atoms with Crippen molar-refractivity contribution in [1.82, 2.24) is 19.8 Å². The van der Waals surface area contributed by atoms with Crippen LogP contribution in [0.5, 0.6) is 0 Å². The molecule has 2 aromatic heterocycles. The second kappa shape index (κ2) is 3.24. The average molecular weight is 223 g/mol. The van der Waals surface area contributed by atoms with Crippen molar-refractivity contribution in [2.45, 2.75) is 37.6 Å². The predicted octanol–water partition coefficient (Wildman–Crippen LogP) is 1.30. The molecule has 1 fully saturated rings. The smallest absolute Gasteiger partial charge is 0.234 e. The Labute approximate surface area is 91.3 Å². The van der Waals surface area contributed by atoms with E-state index in [1.54, 1.807) is 22.2 Å². The van der Waals surface area contributed by atoms with E-state index >= 15 is 0 Å². The Bertz CT molecular complexity index is 439. The third-order valence-electron chi connectivity index (χ3n) is 3.06. The van der Waals surface area contributed by atoms with Crippen LogP contribution in [0.2, 0.25) is 0 Å². The molecule has 6 heteroatoms. The lowest BCUT2D eigenvalue weighted by Gasteiger charge is -2.30. The van der Waals surface area contributed by atoms with Crippen LogP contribution in [-0.4, -0.2) is 19.8 Å². The van der Waals surface area contributed by atoms with Crippen LogP contribution in [0.25, 0.3) is 4.96 Å². The number of hydrogen-bond acceptors (Lipinski definition) is 5. The van der Waals surface area contributed by atoms with Crippen molar-refractivity contribution in [3.05, 3.63) is 11.3 Å². The zero-order valence-electron chi connectivity index (χ0n) is 8.39. The minimum atomic E-state index is -0.219. The standard InChI is InChI=1S/C9H13N5S/c10-9(4-2-1-3-5-9)7-13-14-6-11-12-8(14)15-7/h6H,1-5,10H2. The first-order valence-electron chi connectivity index (χ1n) is 5.24. The molecule has 2 N–H and O–H groups in total. The third-order valence-corrected chi connectivity index (χ3v) is 4.19. The Morgan fingerprint density at radius 1 is 1.33 bits per heavy atom. The fourth-order valence-electron chi connectivity index (χ4n) is 2.16. The van der Waals surface area contributed by atoms with Gasteiger partial charge in [0.25, 0.3) is 0 Å². The molecule has 1 aliphatic rings. The molecule has 0 aliphatic heterocycles. The summed E-state index contributed by atoms with van der Waals surface area (Å²) in [7, 11) is 0. The lowest BCUT2D eigenvalue weighted by molar-refractivity contribution is 0.299. The van der Waals surface area contributed by atoms with Crippen LogP contribution in [0.15, 0.2) is 6.33 Å². The van der Waals surface area contributed by atoms with Crippen molar-refractivity contribution in [1.29, 1.82) is 0 Å². The van der Waals surface area contributed by atoms with E-state index in [0.717, 1.165) is 22.8 Å². The van der Waals surface area contributed by atoms with E-state index < -0.39 is 0 Å². The van der Waals surface area contributed by atoms with Crippen molar-refractivity contribution in [3.8, 4) is 0 Å². The summed E-state index contributed by atoms with van der Waals surface area (Å²) >= 11 is 1.56. The number of nitrogens with zero attached hydrogens (tertiary/aromatic N) is 4. The van der Waals surface area contributed by atoms with Crippen LogP contribution in [0.4, 0.5) is 0 Å². The second-order valence-corrected chi connectivity index (χ2v) is 5.14. The summed E-state index contributed by atoms with van der Waals surface area (Å²) in [5.74, 6) is 0. The molecule has 0 saturated heterocycles. The number of rotatable bonds is 1. The quantitative estimate of drug-likeness (QED) is 0.791. The van der Waals surface area contributed by atoms with Gasteiger partial charge in [0, 0.05) is 0 Å². The van der Waals surface area contributed by atoms with Gasteiger partial charge in [0.05, 0.1) is 5.54 Å². The van der Waals surface area contributed by atoms with Gasteiger partial charge in [0.1, 0.15) is 11.3 Å². The van der Waals surface area contributed by atoms with Gasteiger partial charge in [-0.2, -0.15) is 9.61 Å². The Kier molecular flexibility index (Phi) is 2.00. The Morgan fingerprint density at radius 3 is 2.87 bits per heavy atom. The normalized spacial score (nSPS) is 20.9. The van der Waals surface area contributed by atoms with Crippen LogP contribution in [0.3, 0.4) is 0 Å². The fraction of sp³-hybridized carbons (Fsp3) is 0.667. The van der Waals surface area contributed by atoms with Crippen molar-refractivity contribution < 1.29 is 0 Å². The van der Waals surface area contributed by atoms with Gasteiger partial charge in [0.2, 0.25) is 4.96 Å². The molecule has 2 heterocycles. The Morgan fingerprint density at radius 2 is 2.13 bits per heavy atom. The molecule has 3 rings (SSSR count). The number of nitrogens with two attached hydrogens (primary N) is 1. The van der Waals surface area contributed by atoms with E-state index in [9.17, 15) is 0 Å². The van der Waals surface area contributed by atoms with Crippen LogP contribution < -0.4 is 5.73 Å². The van der Waals surface area contributed by atoms with Gasteiger partial charge >= 0.3 is 0 Å². The van der Waals surface area contributed by atoms with E-state index in [2.05, 4.69) is 15.3 Å². The highest BCUT2D eigenvalue weighted by atomic mass is 32.1.